The summed E-state index contributed by atoms with van der Waals surface area (Å²) in [6, 6.07) is 197. The van der Waals surface area contributed by atoms with Gasteiger partial charge in [-0.3, -0.25) is 0 Å². The van der Waals surface area contributed by atoms with Crippen LogP contribution in [0.25, 0.3) is 243 Å². The first-order valence-electron chi connectivity index (χ1n) is 51.6. The summed E-state index contributed by atoms with van der Waals surface area (Å²) in [6.45, 7) is 14.1. The van der Waals surface area contributed by atoms with Crippen LogP contribution in [0.3, 0.4) is 0 Å². The van der Waals surface area contributed by atoms with Crippen LogP contribution in [0.15, 0.2) is 534 Å². The van der Waals surface area contributed by atoms with Crippen LogP contribution in [0.2, 0.25) is 0 Å². The van der Waals surface area contributed by atoms with Gasteiger partial charge in [0.15, 0.2) is 0 Å². The van der Waals surface area contributed by atoms with E-state index in [1.807, 2.05) is 0 Å². The Hall–Kier alpha value is -17.9. The summed E-state index contributed by atoms with van der Waals surface area (Å²) in [5.74, 6) is 0. The van der Waals surface area contributed by atoms with Gasteiger partial charge in [-0.1, -0.05) is 515 Å². The molecule has 0 heteroatoms. The van der Waals surface area contributed by atoms with Crippen molar-refractivity contribution in [2.45, 2.75) is 57.8 Å². The van der Waals surface area contributed by atoms with E-state index in [-0.39, 0.29) is 16.2 Å². The molecule has 28 rings (SSSR count). The fourth-order valence-electron chi connectivity index (χ4n) is 24.9. The summed E-state index contributed by atoms with van der Waals surface area (Å²) in [7, 11) is 0. The van der Waals surface area contributed by atoms with E-state index in [4.69, 9.17) is 0 Å². The molecule has 0 N–H and O–H groups in total. The maximum Gasteiger partial charge on any atom is 0.0158 e. The van der Waals surface area contributed by atoms with E-state index < -0.39 is 0 Å². The van der Waals surface area contributed by atoms with Crippen LogP contribution in [0.4, 0.5) is 0 Å². The largest absolute Gasteiger partial charge is 0.0622 e. The molecule has 0 fully saturated rings. The molecule has 694 valence electrons. The summed E-state index contributed by atoms with van der Waals surface area (Å²) < 4.78 is 0. The topological polar surface area (TPSA) is 0 Å². The van der Waals surface area contributed by atoms with Crippen LogP contribution in [-0.4, -0.2) is 0 Å². The minimum absolute atomic E-state index is 0.0251. The second-order valence-corrected chi connectivity index (χ2v) is 41.4. The zero-order chi connectivity index (χ0) is 98.6. The molecule has 0 spiro atoms. The summed E-state index contributed by atoms with van der Waals surface area (Å²) in [6.07, 6.45) is 0. The second kappa shape index (κ2) is 36.5. The van der Waals surface area contributed by atoms with E-state index in [0.29, 0.717) is 0 Å². The molecule has 0 unspecified atom stereocenters. The zero-order valence-electron chi connectivity index (χ0n) is 83.3. The van der Waals surface area contributed by atoms with Crippen molar-refractivity contribution in [2.24, 2.45) is 0 Å². The summed E-state index contributed by atoms with van der Waals surface area (Å²) >= 11 is 0. The van der Waals surface area contributed by atoms with Gasteiger partial charge in [0.25, 0.3) is 0 Å². The van der Waals surface area contributed by atoms with E-state index in [1.54, 1.807) is 0 Å². The number of rotatable bonds is 13. The van der Waals surface area contributed by atoms with Crippen LogP contribution in [0, 0.1) is 0 Å². The molecule has 0 aromatic heterocycles. The molecule has 0 saturated heterocycles. The Morgan fingerprint density at radius 1 is 0.0952 bits per heavy atom. The van der Waals surface area contributed by atoms with E-state index in [2.05, 4.69) is 575 Å². The zero-order valence-corrected chi connectivity index (χ0v) is 83.3. The smallest absolute Gasteiger partial charge is 0.0158 e. The Bertz CT molecular complexity index is 9440. The Kier molecular flexibility index (Phi) is 22.1. The van der Waals surface area contributed by atoms with Gasteiger partial charge >= 0.3 is 0 Å². The number of benzene rings is 25. The minimum atomic E-state index is -0.0425. The fourth-order valence-corrected chi connectivity index (χ4v) is 24.9. The quantitative estimate of drug-likeness (QED) is 0.101. The highest BCUT2D eigenvalue weighted by Crippen LogP contribution is 2.58. The third kappa shape index (κ3) is 15.4. The second-order valence-electron chi connectivity index (χ2n) is 41.4. The molecule has 25 aromatic carbocycles. The van der Waals surface area contributed by atoms with E-state index in [1.165, 1.54) is 276 Å². The van der Waals surface area contributed by atoms with Crippen molar-refractivity contribution >= 4 is 64.6 Å². The van der Waals surface area contributed by atoms with Gasteiger partial charge in [-0.05, 0) is 337 Å². The average molecular weight is 1870 g/mol. The fraction of sp³-hybridized carbons (Fsp3) is 0.0612. The van der Waals surface area contributed by atoms with Crippen molar-refractivity contribution in [2.75, 3.05) is 0 Å². The number of fused-ring (bicyclic) bond motifs is 15. The maximum atomic E-state index is 2.46. The van der Waals surface area contributed by atoms with Crippen LogP contribution in [-0.2, 0) is 16.2 Å². The highest BCUT2D eigenvalue weighted by Gasteiger charge is 2.39. The van der Waals surface area contributed by atoms with Crippen LogP contribution in [0.5, 0.6) is 0 Å². The molecule has 0 nitrogen and oxygen atoms in total. The molecule has 0 saturated carbocycles. The normalized spacial score (nSPS) is 13.0. The summed E-state index contributed by atoms with van der Waals surface area (Å²) in [4.78, 5) is 0. The Balaban J connectivity index is 0.000000112. The lowest BCUT2D eigenvalue weighted by molar-refractivity contribution is 0.660. The third-order valence-corrected chi connectivity index (χ3v) is 32.0. The molecule has 0 aliphatic heterocycles. The van der Waals surface area contributed by atoms with Crippen LogP contribution >= 0.6 is 0 Å². The average Bonchev–Trinajstić information content (AvgIpc) is 1.71. The lowest BCUT2D eigenvalue weighted by Gasteiger charge is -2.22. The predicted octanol–water partition coefficient (Wildman–Crippen LogP) is 40.6. The number of hydrogen-bond donors (Lipinski definition) is 0. The molecule has 3 aliphatic rings. The first kappa shape index (κ1) is 89.2. The van der Waals surface area contributed by atoms with Crippen LogP contribution in [0.1, 0.15) is 74.9 Å². The van der Waals surface area contributed by atoms with Gasteiger partial charge in [0.05, 0.1) is 0 Å². The highest BCUT2D eigenvalue weighted by atomic mass is 14.4. The minimum Gasteiger partial charge on any atom is -0.0622 e. The molecular weight excluding hydrogens is 1770 g/mol. The van der Waals surface area contributed by atoms with Gasteiger partial charge in [-0.25, -0.2) is 0 Å². The van der Waals surface area contributed by atoms with Crippen LogP contribution < -0.4 is 0 Å². The van der Waals surface area contributed by atoms with E-state index in [0.717, 1.165) is 0 Å². The molecule has 0 radical (unpaired) electrons. The van der Waals surface area contributed by atoms with E-state index in [9.17, 15) is 0 Å². The standard InChI is InChI=1S/C53H38.2C47H34/c1-53(2)49-25-15-14-22-43(49)47-34-39(27-29-50(47)53)51-44-23-12-13-24-45(44)52(46-28-26-38(33-48(46)51)35-16-6-3-7-17-35)42-31-40(36-18-8-4-9-19-36)30-41(32-42)37-20-10-5-11-21-37;1-47(2)43-24-14-13-20-36(43)41-30-34(26-28-44(41)47)45-38-22-11-12-23-39(38)46(37-21-10-9-19-35(37)32-17-7-4-8-18-32)40-27-25-33(29-42(40)45)31-15-5-3-6-16-31;1-47(2)43-23-12-11-20-37(43)41-30-36(25-27-44(41)47)46-39-22-10-9-21-38(39)45(35-19-13-18-33(28-35)31-14-5-3-6-15-31)40-26-24-34(29-42(40)46)32-16-7-4-8-17-32/h3-34H,1-2H3;2*3-30H,1-2H3. The van der Waals surface area contributed by atoms with Gasteiger partial charge in [0, 0.05) is 16.2 Å². The van der Waals surface area contributed by atoms with Gasteiger partial charge in [0.1, 0.15) is 0 Å². The third-order valence-electron chi connectivity index (χ3n) is 32.0. The van der Waals surface area contributed by atoms with Gasteiger partial charge in [-0.2, -0.15) is 0 Å². The SMILES string of the molecule is CC1(C)c2ccccc2-c2cc(-c3c4ccccc4c(-c4cc(-c5ccccc5)cc(-c5ccccc5)c4)c4ccc(-c5ccccc5)cc34)ccc21.CC1(C)c2ccccc2-c2cc(-c3c4ccccc4c(-c4cccc(-c5ccccc5)c4)c4ccc(-c5ccccc5)cc34)ccc21.CC1(C)c2ccccc2-c2cc(-c3c4ccccc4c(-c4ccccc4-c4ccccc4)c4ccc(-c5ccccc5)cc34)ccc21. The molecule has 0 amide bonds. The van der Waals surface area contributed by atoms with Gasteiger partial charge < -0.3 is 0 Å². The van der Waals surface area contributed by atoms with E-state index >= 15 is 0 Å². The summed E-state index contributed by atoms with van der Waals surface area (Å²) in [5, 5.41) is 15.2. The molecule has 3 aliphatic carbocycles. The Labute approximate surface area is 861 Å². The predicted molar refractivity (Wildman–Crippen MR) is 628 cm³/mol. The van der Waals surface area contributed by atoms with Gasteiger partial charge in [0.2, 0.25) is 0 Å². The highest BCUT2D eigenvalue weighted by molar-refractivity contribution is 6.26. The molecule has 25 aromatic rings. The molecule has 0 bridgehead atoms. The Morgan fingerprint density at radius 2 is 0.293 bits per heavy atom. The molecular formula is C147H106. The molecule has 147 heavy (non-hydrogen) atoms. The Morgan fingerprint density at radius 3 is 0.626 bits per heavy atom. The summed E-state index contributed by atoms with van der Waals surface area (Å²) in [5.41, 5.74) is 48.7. The maximum absolute atomic E-state index is 2.46. The van der Waals surface area contributed by atoms with Gasteiger partial charge in [-0.15, -0.1) is 0 Å². The monoisotopic (exact) mass is 1870 g/mol. The van der Waals surface area contributed by atoms with Crippen molar-refractivity contribution in [1.82, 2.24) is 0 Å². The van der Waals surface area contributed by atoms with Crippen molar-refractivity contribution in [3.63, 3.8) is 0 Å². The first-order valence-corrected chi connectivity index (χ1v) is 51.6. The molecule has 0 atom stereocenters. The molecule has 0 heterocycles. The lowest BCUT2D eigenvalue weighted by Crippen LogP contribution is -2.14. The van der Waals surface area contributed by atoms with Crippen molar-refractivity contribution in [3.8, 4) is 178 Å². The lowest BCUT2D eigenvalue weighted by atomic mass is 9.81. The number of hydrogen-bond acceptors (Lipinski definition) is 0. The van der Waals surface area contributed by atoms with Crippen molar-refractivity contribution < 1.29 is 0 Å². The first-order chi connectivity index (χ1) is 72.2. The van der Waals surface area contributed by atoms with Crippen molar-refractivity contribution in [1.29, 1.82) is 0 Å². The van der Waals surface area contributed by atoms with Crippen molar-refractivity contribution in [3.05, 3.63) is 567 Å².